The van der Waals surface area contributed by atoms with Gasteiger partial charge in [0, 0.05) is 30.2 Å². The minimum atomic E-state index is 0.273. The van der Waals surface area contributed by atoms with Gasteiger partial charge in [0.05, 0.1) is 5.69 Å². The zero-order valence-corrected chi connectivity index (χ0v) is 11.5. The van der Waals surface area contributed by atoms with E-state index >= 15 is 0 Å². The lowest BCUT2D eigenvalue weighted by Crippen LogP contribution is -2.23. The first-order chi connectivity index (χ1) is 8.81. The molecule has 2 aromatic rings. The molecule has 0 spiro atoms. The van der Waals surface area contributed by atoms with Gasteiger partial charge in [-0.2, -0.15) is 0 Å². The zero-order chi connectivity index (χ0) is 12.4. The van der Waals surface area contributed by atoms with Crippen LogP contribution in [-0.4, -0.2) is 15.4 Å². The number of thiazole rings is 1. The summed E-state index contributed by atoms with van der Waals surface area (Å²) in [4.78, 5) is 5.67. The molecular formula is C14H21N3S. The quantitative estimate of drug-likeness (QED) is 0.900. The Hall–Kier alpha value is -0.870. The highest BCUT2D eigenvalue weighted by atomic mass is 32.1. The first kappa shape index (κ1) is 12.2. The molecule has 1 unspecified atom stereocenters. The maximum atomic E-state index is 6.23. The standard InChI is InChI=1S/C14H21N3S/c15-12(6-5-11-3-1-2-4-11)9-13-10-17-7-8-18-14(17)16-13/h7-8,10-12H,1-6,9,15H2. The molecule has 0 amide bonds. The third-order valence-corrected chi connectivity index (χ3v) is 4.81. The average Bonchev–Trinajstić information content (AvgIpc) is 3.01. The van der Waals surface area contributed by atoms with Crippen LogP contribution in [0.2, 0.25) is 0 Å². The Bertz CT molecular complexity index is 467. The van der Waals surface area contributed by atoms with Crippen molar-refractivity contribution in [2.45, 2.75) is 51.0 Å². The van der Waals surface area contributed by atoms with Gasteiger partial charge in [-0.25, -0.2) is 4.98 Å². The highest BCUT2D eigenvalue weighted by molar-refractivity contribution is 7.15. The van der Waals surface area contributed by atoms with Crippen LogP contribution >= 0.6 is 11.3 Å². The van der Waals surface area contributed by atoms with Crippen LogP contribution in [0.25, 0.3) is 4.96 Å². The summed E-state index contributed by atoms with van der Waals surface area (Å²) >= 11 is 1.68. The second kappa shape index (κ2) is 5.41. The number of nitrogens with two attached hydrogens (primary N) is 1. The number of imidazole rings is 1. The van der Waals surface area contributed by atoms with Crippen LogP contribution in [0.3, 0.4) is 0 Å². The molecule has 0 aliphatic heterocycles. The second-order valence-electron chi connectivity index (χ2n) is 5.52. The highest BCUT2D eigenvalue weighted by Crippen LogP contribution is 2.29. The van der Waals surface area contributed by atoms with E-state index in [1.807, 2.05) is 0 Å². The van der Waals surface area contributed by atoms with Crippen molar-refractivity contribution >= 4 is 16.3 Å². The lowest BCUT2D eigenvalue weighted by Gasteiger charge is -2.13. The minimum Gasteiger partial charge on any atom is -0.327 e. The predicted octanol–water partition coefficient (Wildman–Crippen LogP) is 3.24. The maximum Gasteiger partial charge on any atom is 0.193 e. The topological polar surface area (TPSA) is 43.3 Å². The third-order valence-electron chi connectivity index (χ3n) is 4.03. The summed E-state index contributed by atoms with van der Waals surface area (Å²) in [6.45, 7) is 0. The van der Waals surface area contributed by atoms with Gasteiger partial charge >= 0.3 is 0 Å². The molecule has 0 aromatic carbocycles. The van der Waals surface area contributed by atoms with Crippen LogP contribution in [0.15, 0.2) is 17.8 Å². The molecule has 1 aliphatic rings. The van der Waals surface area contributed by atoms with Gasteiger partial charge < -0.3 is 5.73 Å². The van der Waals surface area contributed by atoms with Crippen molar-refractivity contribution in [1.29, 1.82) is 0 Å². The number of hydrogen-bond acceptors (Lipinski definition) is 3. The number of hydrogen-bond donors (Lipinski definition) is 1. The lowest BCUT2D eigenvalue weighted by molar-refractivity contribution is 0.446. The Morgan fingerprint density at radius 1 is 1.44 bits per heavy atom. The summed E-state index contributed by atoms with van der Waals surface area (Å²) in [6, 6.07) is 0.273. The molecule has 98 valence electrons. The van der Waals surface area contributed by atoms with Crippen LogP contribution in [-0.2, 0) is 6.42 Å². The molecule has 0 bridgehead atoms. The Balaban J connectivity index is 1.50. The maximum absolute atomic E-state index is 6.23. The predicted molar refractivity (Wildman–Crippen MR) is 75.9 cm³/mol. The van der Waals surface area contributed by atoms with E-state index in [4.69, 9.17) is 5.73 Å². The normalized spacial score (nSPS) is 18.7. The molecule has 2 heterocycles. The lowest BCUT2D eigenvalue weighted by atomic mass is 9.97. The summed E-state index contributed by atoms with van der Waals surface area (Å²) in [7, 11) is 0. The summed E-state index contributed by atoms with van der Waals surface area (Å²) < 4.78 is 2.09. The number of aromatic nitrogens is 2. The van der Waals surface area contributed by atoms with Crippen molar-refractivity contribution in [3.63, 3.8) is 0 Å². The van der Waals surface area contributed by atoms with E-state index in [9.17, 15) is 0 Å². The molecule has 2 aromatic heterocycles. The van der Waals surface area contributed by atoms with Gasteiger partial charge in [-0.1, -0.05) is 25.7 Å². The second-order valence-corrected chi connectivity index (χ2v) is 6.39. The molecule has 18 heavy (non-hydrogen) atoms. The van der Waals surface area contributed by atoms with Crippen molar-refractivity contribution in [3.05, 3.63) is 23.5 Å². The summed E-state index contributed by atoms with van der Waals surface area (Å²) in [5, 5.41) is 2.06. The number of nitrogens with zero attached hydrogens (tertiary/aromatic N) is 2. The number of rotatable bonds is 5. The van der Waals surface area contributed by atoms with Crippen LogP contribution in [0.5, 0.6) is 0 Å². The van der Waals surface area contributed by atoms with Crippen LogP contribution in [0.1, 0.15) is 44.2 Å². The molecule has 0 saturated heterocycles. The van der Waals surface area contributed by atoms with E-state index in [0.717, 1.165) is 29.4 Å². The molecule has 1 atom stereocenters. The number of fused-ring (bicyclic) bond motifs is 1. The molecule has 1 saturated carbocycles. The molecule has 2 N–H and O–H groups in total. The molecular weight excluding hydrogens is 242 g/mol. The Morgan fingerprint density at radius 3 is 3.06 bits per heavy atom. The third kappa shape index (κ3) is 2.75. The van der Waals surface area contributed by atoms with Crippen LogP contribution < -0.4 is 5.73 Å². The Morgan fingerprint density at radius 2 is 2.28 bits per heavy atom. The largest absolute Gasteiger partial charge is 0.327 e. The molecule has 1 aliphatic carbocycles. The summed E-state index contributed by atoms with van der Waals surface area (Å²) in [6.07, 6.45) is 13.2. The Kier molecular flexibility index (Phi) is 3.66. The summed E-state index contributed by atoms with van der Waals surface area (Å²) in [5.74, 6) is 0.946. The first-order valence-electron chi connectivity index (χ1n) is 6.98. The van der Waals surface area contributed by atoms with Crippen molar-refractivity contribution in [3.8, 4) is 0 Å². The van der Waals surface area contributed by atoms with Gasteiger partial charge in [-0.05, 0) is 18.8 Å². The van der Waals surface area contributed by atoms with Crippen molar-refractivity contribution < 1.29 is 0 Å². The fourth-order valence-electron chi connectivity index (χ4n) is 2.99. The highest BCUT2D eigenvalue weighted by Gasteiger charge is 2.16. The van der Waals surface area contributed by atoms with E-state index in [2.05, 4.69) is 27.2 Å². The van der Waals surface area contributed by atoms with E-state index in [0.29, 0.717) is 0 Å². The van der Waals surface area contributed by atoms with Crippen molar-refractivity contribution in [1.82, 2.24) is 9.38 Å². The minimum absolute atomic E-state index is 0.273. The van der Waals surface area contributed by atoms with Gasteiger partial charge in [-0.3, -0.25) is 4.40 Å². The van der Waals surface area contributed by atoms with Crippen LogP contribution in [0.4, 0.5) is 0 Å². The van der Waals surface area contributed by atoms with E-state index in [1.165, 1.54) is 32.1 Å². The van der Waals surface area contributed by atoms with E-state index in [-0.39, 0.29) is 6.04 Å². The van der Waals surface area contributed by atoms with Gasteiger partial charge in [0.1, 0.15) is 0 Å². The van der Waals surface area contributed by atoms with Gasteiger partial charge in [-0.15, -0.1) is 11.3 Å². The monoisotopic (exact) mass is 263 g/mol. The fraction of sp³-hybridized carbons (Fsp3) is 0.643. The van der Waals surface area contributed by atoms with Gasteiger partial charge in [0.2, 0.25) is 0 Å². The molecule has 0 radical (unpaired) electrons. The fourth-order valence-corrected chi connectivity index (χ4v) is 3.71. The molecule has 4 heteroatoms. The smallest absolute Gasteiger partial charge is 0.193 e. The van der Waals surface area contributed by atoms with Crippen LogP contribution in [0, 0.1) is 5.92 Å². The molecule has 3 rings (SSSR count). The van der Waals surface area contributed by atoms with Crippen molar-refractivity contribution in [2.75, 3.05) is 0 Å². The van der Waals surface area contributed by atoms with E-state index < -0.39 is 0 Å². The first-order valence-corrected chi connectivity index (χ1v) is 7.86. The van der Waals surface area contributed by atoms with E-state index in [1.54, 1.807) is 11.3 Å². The van der Waals surface area contributed by atoms with Crippen molar-refractivity contribution in [2.24, 2.45) is 11.7 Å². The van der Waals surface area contributed by atoms with Gasteiger partial charge in [0.25, 0.3) is 0 Å². The Labute approximate surface area is 112 Å². The molecule has 3 nitrogen and oxygen atoms in total. The SMILES string of the molecule is NC(CCC1CCCC1)Cc1cn2ccsc2n1. The average molecular weight is 263 g/mol. The molecule has 1 fully saturated rings. The van der Waals surface area contributed by atoms with Gasteiger partial charge in [0.15, 0.2) is 4.96 Å². The summed E-state index contributed by atoms with van der Waals surface area (Å²) in [5.41, 5.74) is 7.37. The zero-order valence-electron chi connectivity index (χ0n) is 10.7.